The molecule has 1 aromatic heterocycles. The van der Waals surface area contributed by atoms with Crippen LogP contribution in [-0.2, 0) is 4.74 Å². The summed E-state index contributed by atoms with van der Waals surface area (Å²) in [6.45, 7) is 3.64. The van der Waals surface area contributed by atoms with Crippen molar-refractivity contribution in [2.24, 2.45) is 0 Å². The van der Waals surface area contributed by atoms with Crippen LogP contribution in [0.4, 0.5) is 13.2 Å². The second-order valence-corrected chi connectivity index (χ2v) is 6.76. The van der Waals surface area contributed by atoms with E-state index in [0.717, 1.165) is 20.8 Å². The highest BCUT2D eigenvalue weighted by Gasteiger charge is 2.27. The summed E-state index contributed by atoms with van der Waals surface area (Å²) in [5.74, 6) is 0. The monoisotopic (exact) mass is 359 g/mol. The Morgan fingerprint density at radius 3 is 2.63 bits per heavy atom. The van der Waals surface area contributed by atoms with E-state index >= 15 is 0 Å². The minimum absolute atomic E-state index is 0.0285. The molecule has 1 aromatic rings. The van der Waals surface area contributed by atoms with E-state index in [1.807, 2.05) is 19.9 Å². The molecule has 110 valence electrons. The first-order valence-electron chi connectivity index (χ1n) is 5.97. The van der Waals surface area contributed by atoms with Crippen molar-refractivity contribution >= 4 is 27.3 Å². The molecule has 1 heterocycles. The molecule has 0 saturated heterocycles. The van der Waals surface area contributed by atoms with Gasteiger partial charge in [-0.3, -0.25) is 0 Å². The highest BCUT2D eigenvalue weighted by molar-refractivity contribution is 9.11. The van der Waals surface area contributed by atoms with Gasteiger partial charge in [-0.1, -0.05) is 6.92 Å². The topological polar surface area (TPSA) is 21.3 Å². The maximum Gasteiger partial charge on any atom is 0.411 e. The van der Waals surface area contributed by atoms with Crippen LogP contribution in [0.2, 0.25) is 0 Å². The van der Waals surface area contributed by atoms with Gasteiger partial charge in [0.1, 0.15) is 6.61 Å². The lowest BCUT2D eigenvalue weighted by Crippen LogP contribution is -2.24. The van der Waals surface area contributed by atoms with E-state index in [-0.39, 0.29) is 12.6 Å². The second-order valence-electron chi connectivity index (χ2n) is 4.13. The Labute approximate surface area is 123 Å². The first-order chi connectivity index (χ1) is 8.83. The number of thiophene rings is 1. The molecule has 0 aliphatic rings. The number of hydrogen-bond donors (Lipinski definition) is 1. The van der Waals surface area contributed by atoms with E-state index in [9.17, 15) is 13.2 Å². The summed E-state index contributed by atoms with van der Waals surface area (Å²) in [7, 11) is 0. The van der Waals surface area contributed by atoms with Crippen molar-refractivity contribution in [1.29, 1.82) is 0 Å². The van der Waals surface area contributed by atoms with E-state index in [1.54, 1.807) is 11.3 Å². The predicted molar refractivity (Wildman–Crippen MR) is 74.7 cm³/mol. The van der Waals surface area contributed by atoms with Gasteiger partial charge in [-0.2, -0.15) is 13.2 Å². The molecule has 1 N–H and O–H groups in total. The molecule has 0 aliphatic carbocycles. The quantitative estimate of drug-likeness (QED) is 0.726. The molecule has 1 atom stereocenters. The van der Waals surface area contributed by atoms with Gasteiger partial charge in [-0.15, -0.1) is 11.3 Å². The fourth-order valence-corrected chi connectivity index (χ4v) is 3.58. The lowest BCUT2D eigenvalue weighted by molar-refractivity contribution is -0.174. The minimum atomic E-state index is -4.25. The molecule has 0 spiro atoms. The molecule has 0 bridgehead atoms. The summed E-state index contributed by atoms with van der Waals surface area (Å²) >= 11 is 5.04. The van der Waals surface area contributed by atoms with Gasteiger partial charge in [0.25, 0.3) is 0 Å². The zero-order valence-corrected chi connectivity index (χ0v) is 13.2. The molecule has 0 saturated carbocycles. The third-order valence-corrected chi connectivity index (χ3v) is 4.14. The average Bonchev–Trinajstić information content (AvgIpc) is 2.61. The van der Waals surface area contributed by atoms with Gasteiger partial charge < -0.3 is 10.1 Å². The number of ether oxygens (including phenoxy) is 1. The average molecular weight is 360 g/mol. The highest BCUT2D eigenvalue weighted by Crippen LogP contribution is 2.32. The van der Waals surface area contributed by atoms with Crippen molar-refractivity contribution in [3.63, 3.8) is 0 Å². The number of rotatable bonds is 7. The summed E-state index contributed by atoms with van der Waals surface area (Å²) in [5, 5.41) is 3.28. The van der Waals surface area contributed by atoms with Crippen LogP contribution < -0.4 is 5.32 Å². The van der Waals surface area contributed by atoms with Crippen molar-refractivity contribution in [1.82, 2.24) is 5.32 Å². The van der Waals surface area contributed by atoms with Crippen LogP contribution in [0.1, 0.15) is 29.8 Å². The van der Waals surface area contributed by atoms with Gasteiger partial charge in [0.2, 0.25) is 0 Å². The first-order valence-corrected chi connectivity index (χ1v) is 7.58. The van der Waals surface area contributed by atoms with Crippen molar-refractivity contribution < 1.29 is 17.9 Å². The fraction of sp³-hybridized carbons (Fsp3) is 0.667. The minimum Gasteiger partial charge on any atom is -0.372 e. The molecule has 1 unspecified atom stereocenters. The summed E-state index contributed by atoms with van der Waals surface area (Å²) in [6, 6.07) is 2.04. The zero-order valence-electron chi connectivity index (χ0n) is 10.8. The molecular formula is C12H17BrF3NOS. The standard InChI is InChI=1S/C12H17BrF3NOS/c1-3-17-10(4-5-18-7-12(14,15)16)9-6-11(13)19-8(9)2/h6,10,17H,3-5,7H2,1-2H3. The van der Waals surface area contributed by atoms with Crippen LogP contribution in [-0.4, -0.2) is 25.9 Å². The number of alkyl halides is 3. The van der Waals surface area contributed by atoms with Crippen LogP contribution in [0.25, 0.3) is 0 Å². The summed E-state index contributed by atoms with van der Waals surface area (Å²) in [6.07, 6.45) is -3.73. The van der Waals surface area contributed by atoms with Crippen LogP contribution in [0.5, 0.6) is 0 Å². The third-order valence-electron chi connectivity index (χ3n) is 2.57. The lowest BCUT2D eigenvalue weighted by atomic mass is 10.1. The Hall–Kier alpha value is -0.110. The fourth-order valence-electron chi connectivity index (χ4n) is 1.81. The normalized spacial score (nSPS) is 13.8. The van der Waals surface area contributed by atoms with Gasteiger partial charge in [0.05, 0.1) is 3.79 Å². The lowest BCUT2D eigenvalue weighted by Gasteiger charge is -2.18. The molecule has 7 heteroatoms. The van der Waals surface area contributed by atoms with Crippen LogP contribution in [0.3, 0.4) is 0 Å². The molecule has 1 rings (SSSR count). The smallest absolute Gasteiger partial charge is 0.372 e. The van der Waals surface area contributed by atoms with Gasteiger partial charge >= 0.3 is 6.18 Å². The Balaban J connectivity index is 2.52. The SMILES string of the molecule is CCNC(CCOCC(F)(F)F)c1cc(Br)sc1C. The van der Waals surface area contributed by atoms with E-state index in [0.29, 0.717) is 6.42 Å². The zero-order chi connectivity index (χ0) is 14.5. The Morgan fingerprint density at radius 1 is 1.47 bits per heavy atom. The van der Waals surface area contributed by atoms with E-state index < -0.39 is 12.8 Å². The van der Waals surface area contributed by atoms with Gasteiger partial charge in [0, 0.05) is 17.5 Å². The van der Waals surface area contributed by atoms with Crippen molar-refractivity contribution in [2.45, 2.75) is 32.5 Å². The van der Waals surface area contributed by atoms with Gasteiger partial charge in [0.15, 0.2) is 0 Å². The van der Waals surface area contributed by atoms with Crippen molar-refractivity contribution in [3.05, 3.63) is 20.3 Å². The molecule has 0 aliphatic heterocycles. The van der Waals surface area contributed by atoms with E-state index in [2.05, 4.69) is 26.0 Å². The Bertz CT molecular complexity index is 395. The number of nitrogens with one attached hydrogen (secondary N) is 1. The second kappa shape index (κ2) is 7.61. The Morgan fingerprint density at radius 2 is 2.16 bits per heavy atom. The van der Waals surface area contributed by atoms with E-state index in [1.165, 1.54) is 0 Å². The Kier molecular flexibility index (Phi) is 6.79. The molecule has 0 radical (unpaired) electrons. The molecule has 0 amide bonds. The van der Waals surface area contributed by atoms with Crippen molar-refractivity contribution in [3.8, 4) is 0 Å². The third kappa shape index (κ3) is 6.25. The molecule has 0 fully saturated rings. The molecule has 2 nitrogen and oxygen atoms in total. The largest absolute Gasteiger partial charge is 0.411 e. The number of hydrogen-bond acceptors (Lipinski definition) is 3. The summed E-state index contributed by atoms with van der Waals surface area (Å²) in [4.78, 5) is 1.16. The van der Waals surface area contributed by atoms with Crippen LogP contribution in [0, 0.1) is 6.92 Å². The van der Waals surface area contributed by atoms with Crippen molar-refractivity contribution in [2.75, 3.05) is 19.8 Å². The van der Waals surface area contributed by atoms with Crippen LogP contribution in [0.15, 0.2) is 9.85 Å². The first kappa shape index (κ1) is 16.9. The van der Waals surface area contributed by atoms with Gasteiger partial charge in [-0.25, -0.2) is 0 Å². The summed E-state index contributed by atoms with van der Waals surface area (Å²) in [5.41, 5.74) is 1.12. The molecule has 19 heavy (non-hydrogen) atoms. The number of aryl methyl sites for hydroxylation is 1. The maximum atomic E-state index is 12.0. The van der Waals surface area contributed by atoms with E-state index in [4.69, 9.17) is 0 Å². The highest BCUT2D eigenvalue weighted by atomic mass is 79.9. The van der Waals surface area contributed by atoms with Gasteiger partial charge in [-0.05, 0) is 47.4 Å². The number of halogens is 4. The molecule has 0 aromatic carbocycles. The molecular weight excluding hydrogens is 343 g/mol. The summed E-state index contributed by atoms with van der Waals surface area (Å²) < 4.78 is 41.6. The van der Waals surface area contributed by atoms with Crippen LogP contribution >= 0.6 is 27.3 Å². The maximum absolute atomic E-state index is 12.0. The predicted octanol–water partition coefficient (Wildman–Crippen LogP) is 4.44.